The minimum Gasteiger partial charge on any atom is -0.394 e. The lowest BCUT2D eigenvalue weighted by atomic mass is 9.96. The molecule has 0 unspecified atom stereocenters. The monoisotopic (exact) mass is 322 g/mol. The van der Waals surface area contributed by atoms with Crippen molar-refractivity contribution in [1.82, 2.24) is 5.32 Å². The minimum absolute atomic E-state index is 0.297. The van der Waals surface area contributed by atoms with Gasteiger partial charge in [0.2, 0.25) is 5.91 Å². The van der Waals surface area contributed by atoms with Crippen LogP contribution in [0.25, 0.3) is 0 Å². The first kappa shape index (κ1) is 19.2. The number of carbonyl (C=O) groups is 1. The summed E-state index contributed by atoms with van der Waals surface area (Å²) in [4.78, 5) is 11.9. The van der Waals surface area contributed by atoms with Crippen LogP contribution < -0.4 is 11.1 Å². The number of hydrogen-bond donors (Lipinski definition) is 6. The number of hydrogen-bond acceptors (Lipinski definition) is 8. The van der Waals surface area contributed by atoms with Crippen molar-refractivity contribution in [2.24, 2.45) is 5.73 Å². The van der Waals surface area contributed by atoms with Crippen molar-refractivity contribution in [3.05, 3.63) is 0 Å². The van der Waals surface area contributed by atoms with E-state index in [1.807, 2.05) is 0 Å². The van der Waals surface area contributed by atoms with Crippen molar-refractivity contribution in [2.45, 2.75) is 69.7 Å². The second kappa shape index (κ2) is 8.16. The molecule has 1 saturated heterocycles. The summed E-state index contributed by atoms with van der Waals surface area (Å²) >= 11 is 0. The Morgan fingerprint density at radius 3 is 2.41 bits per heavy atom. The highest BCUT2D eigenvalue weighted by Gasteiger charge is 2.46. The largest absolute Gasteiger partial charge is 0.394 e. The number of carbonyl (C=O) groups excluding carboxylic acids is 1. The number of rotatable bonds is 6. The van der Waals surface area contributed by atoms with Gasteiger partial charge in [-0.25, -0.2) is 0 Å². The van der Waals surface area contributed by atoms with Crippen LogP contribution in [0, 0.1) is 0 Å². The summed E-state index contributed by atoms with van der Waals surface area (Å²) in [5.41, 5.74) is 5.53. The van der Waals surface area contributed by atoms with E-state index in [1.54, 1.807) is 13.8 Å². The zero-order valence-corrected chi connectivity index (χ0v) is 12.9. The van der Waals surface area contributed by atoms with E-state index in [0.717, 1.165) is 0 Å². The van der Waals surface area contributed by atoms with Gasteiger partial charge in [0.05, 0.1) is 18.8 Å². The smallest absolute Gasteiger partial charge is 0.240 e. The Kier molecular flexibility index (Phi) is 7.13. The molecule has 0 aromatic heterocycles. The van der Waals surface area contributed by atoms with Gasteiger partial charge >= 0.3 is 0 Å². The van der Waals surface area contributed by atoms with Crippen LogP contribution in [0.3, 0.4) is 0 Å². The van der Waals surface area contributed by atoms with Crippen LogP contribution in [0.4, 0.5) is 0 Å². The predicted molar refractivity (Wildman–Crippen MR) is 75.6 cm³/mol. The number of amides is 1. The molecule has 0 aliphatic carbocycles. The van der Waals surface area contributed by atoms with E-state index >= 15 is 0 Å². The third-order valence-electron chi connectivity index (χ3n) is 3.43. The van der Waals surface area contributed by atoms with Crippen LogP contribution >= 0.6 is 0 Å². The predicted octanol–water partition coefficient (Wildman–Crippen LogP) is -2.96. The molecule has 1 fully saturated rings. The Bertz CT molecular complexity index is 366. The van der Waals surface area contributed by atoms with Crippen molar-refractivity contribution >= 4 is 5.91 Å². The van der Waals surface area contributed by atoms with Crippen molar-refractivity contribution < 1.29 is 34.7 Å². The highest BCUT2D eigenvalue weighted by molar-refractivity contribution is 5.82. The number of nitrogens with one attached hydrogen (secondary N) is 1. The number of nitrogens with two attached hydrogens (primary N) is 1. The van der Waals surface area contributed by atoms with Gasteiger partial charge in [0.15, 0.2) is 6.29 Å². The molecule has 1 rings (SSSR count). The molecule has 7 atom stereocenters. The van der Waals surface area contributed by atoms with Crippen LogP contribution in [0.2, 0.25) is 0 Å². The van der Waals surface area contributed by atoms with Gasteiger partial charge in [-0.05, 0) is 20.8 Å². The molecule has 1 aliphatic rings. The molecule has 9 nitrogen and oxygen atoms in total. The topological polar surface area (TPSA) is 154 Å². The number of aliphatic hydroxyl groups excluding tert-OH is 4. The fourth-order valence-electron chi connectivity index (χ4n) is 2.19. The fourth-order valence-corrected chi connectivity index (χ4v) is 2.19. The summed E-state index contributed by atoms with van der Waals surface area (Å²) in [5.74, 6) is -0.713. The third-order valence-corrected chi connectivity index (χ3v) is 3.43. The molecule has 1 heterocycles. The summed E-state index contributed by atoms with van der Waals surface area (Å²) in [6, 6.07) is -2.28. The summed E-state index contributed by atoms with van der Waals surface area (Å²) in [5, 5.41) is 41.1. The van der Waals surface area contributed by atoms with Gasteiger partial charge in [-0.2, -0.15) is 0 Å². The second-order valence-corrected chi connectivity index (χ2v) is 5.69. The first-order chi connectivity index (χ1) is 10.2. The van der Waals surface area contributed by atoms with E-state index in [-0.39, 0.29) is 6.10 Å². The van der Waals surface area contributed by atoms with Crippen molar-refractivity contribution in [2.75, 3.05) is 6.61 Å². The molecule has 0 radical (unpaired) electrons. The average Bonchev–Trinajstić information content (AvgIpc) is 2.44. The lowest BCUT2D eigenvalue weighted by Crippen LogP contribution is -2.67. The minimum atomic E-state index is -1.49. The lowest BCUT2D eigenvalue weighted by molar-refractivity contribution is -0.266. The van der Waals surface area contributed by atoms with Crippen molar-refractivity contribution in [3.63, 3.8) is 0 Å². The van der Waals surface area contributed by atoms with E-state index in [1.165, 1.54) is 6.92 Å². The highest BCUT2D eigenvalue weighted by Crippen LogP contribution is 2.23. The van der Waals surface area contributed by atoms with Gasteiger partial charge in [-0.1, -0.05) is 0 Å². The maximum absolute atomic E-state index is 11.9. The highest BCUT2D eigenvalue weighted by atomic mass is 16.6. The second-order valence-electron chi connectivity index (χ2n) is 5.69. The van der Waals surface area contributed by atoms with Crippen LogP contribution in [-0.4, -0.2) is 81.8 Å². The Morgan fingerprint density at radius 1 is 1.36 bits per heavy atom. The van der Waals surface area contributed by atoms with Crippen molar-refractivity contribution in [1.29, 1.82) is 0 Å². The first-order valence-electron chi connectivity index (χ1n) is 7.21. The summed E-state index contributed by atoms with van der Waals surface area (Å²) in [7, 11) is 0. The maximum Gasteiger partial charge on any atom is 0.240 e. The summed E-state index contributed by atoms with van der Waals surface area (Å²) in [6.07, 6.45) is -6.14. The quantitative estimate of drug-likeness (QED) is 0.303. The standard InChI is InChI=1S/C13H26N2O7/c1-5(2)21-11-9(15-12(19)8(14)6(3)17)13(20)22-7(4-16)10(11)18/h5-11,13,16-18,20H,4,14H2,1-3H3,(H,15,19)/t6-,7-,8+,9-,10-,11-,13+/m1/s1. The summed E-state index contributed by atoms with van der Waals surface area (Å²) < 4.78 is 10.6. The zero-order chi connectivity index (χ0) is 17.0. The van der Waals surface area contributed by atoms with E-state index in [9.17, 15) is 20.1 Å². The lowest BCUT2D eigenvalue weighted by Gasteiger charge is -2.43. The summed E-state index contributed by atoms with van der Waals surface area (Å²) in [6.45, 7) is 4.30. The van der Waals surface area contributed by atoms with Crippen LogP contribution in [-0.2, 0) is 14.3 Å². The molecule has 0 saturated carbocycles. The Balaban J connectivity index is 2.89. The Morgan fingerprint density at radius 2 is 1.95 bits per heavy atom. The maximum atomic E-state index is 11.9. The van der Waals surface area contributed by atoms with Crippen LogP contribution in [0.1, 0.15) is 20.8 Å². The molecule has 0 aromatic rings. The van der Waals surface area contributed by atoms with Gasteiger partial charge in [-0.15, -0.1) is 0 Å². The molecule has 1 aliphatic heterocycles. The molecule has 9 heteroatoms. The van der Waals surface area contributed by atoms with Gasteiger partial charge in [0.25, 0.3) is 0 Å². The molecule has 0 spiro atoms. The van der Waals surface area contributed by atoms with Crippen LogP contribution in [0.15, 0.2) is 0 Å². The van der Waals surface area contributed by atoms with Gasteiger partial charge in [0.1, 0.15) is 30.4 Å². The van der Waals surface area contributed by atoms with E-state index < -0.39 is 55.3 Å². The number of aliphatic hydroxyl groups is 4. The average molecular weight is 322 g/mol. The Labute approximate surface area is 129 Å². The molecular formula is C13H26N2O7. The molecule has 7 N–H and O–H groups in total. The Hall–Kier alpha value is -0.810. The van der Waals surface area contributed by atoms with E-state index in [2.05, 4.69) is 5.32 Å². The molecule has 1 amide bonds. The van der Waals surface area contributed by atoms with Gasteiger partial charge in [-0.3, -0.25) is 4.79 Å². The SMILES string of the molecule is CC(C)O[C@H]1[C@H](O)[C@@H](CO)O[C@H](O)[C@@H]1NC(=O)[C@@H](N)[C@@H](C)O. The van der Waals surface area contributed by atoms with E-state index in [0.29, 0.717) is 0 Å². The zero-order valence-electron chi connectivity index (χ0n) is 12.9. The normalized spacial score (nSPS) is 35.2. The van der Waals surface area contributed by atoms with E-state index in [4.69, 9.17) is 20.3 Å². The molecule has 0 bridgehead atoms. The first-order valence-corrected chi connectivity index (χ1v) is 7.21. The number of ether oxygens (including phenoxy) is 2. The third kappa shape index (κ3) is 4.59. The van der Waals surface area contributed by atoms with Crippen molar-refractivity contribution in [3.8, 4) is 0 Å². The molecule has 22 heavy (non-hydrogen) atoms. The fraction of sp³-hybridized carbons (Fsp3) is 0.923. The van der Waals surface area contributed by atoms with Gasteiger partial charge in [0, 0.05) is 0 Å². The molecule has 130 valence electrons. The van der Waals surface area contributed by atoms with Gasteiger partial charge < -0.3 is 41.0 Å². The molecular weight excluding hydrogens is 296 g/mol. The molecule has 0 aromatic carbocycles. The van der Waals surface area contributed by atoms with Crippen LogP contribution in [0.5, 0.6) is 0 Å².